The molecule has 5 nitrogen and oxygen atoms in total. The molecule has 5 heteroatoms. The average molecular weight is 238 g/mol. The first-order chi connectivity index (χ1) is 8.01. The summed E-state index contributed by atoms with van der Waals surface area (Å²) in [5.74, 6) is 1.50. The standard InChI is InChI=1S/C12H22N4O/c1-9(2)10-6-4-5-7-12(10,17)8-11-13-15-16(3)14-11/h9-10,17H,4-8H2,1-3H3. The number of nitrogens with zero attached hydrogens (tertiary/aromatic N) is 4. The molecule has 2 atom stereocenters. The summed E-state index contributed by atoms with van der Waals surface area (Å²) in [6.45, 7) is 4.37. The van der Waals surface area contributed by atoms with E-state index in [0.717, 1.165) is 19.3 Å². The largest absolute Gasteiger partial charge is 0.389 e. The van der Waals surface area contributed by atoms with E-state index in [1.165, 1.54) is 11.2 Å². The Hall–Kier alpha value is -0.970. The second-order valence-corrected chi connectivity index (χ2v) is 5.57. The molecule has 0 aliphatic heterocycles. The van der Waals surface area contributed by atoms with Crippen LogP contribution < -0.4 is 0 Å². The first-order valence-electron chi connectivity index (χ1n) is 6.46. The molecule has 96 valence electrons. The van der Waals surface area contributed by atoms with Gasteiger partial charge in [-0.3, -0.25) is 0 Å². The lowest BCUT2D eigenvalue weighted by molar-refractivity contribution is -0.0666. The summed E-state index contributed by atoms with van der Waals surface area (Å²) in [6.07, 6.45) is 4.81. The Labute approximate surface area is 102 Å². The number of rotatable bonds is 3. The smallest absolute Gasteiger partial charge is 0.177 e. The van der Waals surface area contributed by atoms with Crippen LogP contribution in [0.1, 0.15) is 45.4 Å². The Morgan fingerprint density at radius 2 is 2.24 bits per heavy atom. The molecule has 0 bridgehead atoms. The summed E-state index contributed by atoms with van der Waals surface area (Å²) < 4.78 is 0. The van der Waals surface area contributed by atoms with Crippen LogP contribution in [0, 0.1) is 11.8 Å². The van der Waals surface area contributed by atoms with E-state index in [9.17, 15) is 5.11 Å². The highest BCUT2D eigenvalue weighted by molar-refractivity contribution is 4.98. The Morgan fingerprint density at radius 1 is 1.47 bits per heavy atom. The van der Waals surface area contributed by atoms with Crippen LogP contribution in [0.3, 0.4) is 0 Å². The van der Waals surface area contributed by atoms with Gasteiger partial charge >= 0.3 is 0 Å². The fourth-order valence-corrected chi connectivity index (χ4v) is 3.09. The molecular formula is C12H22N4O. The van der Waals surface area contributed by atoms with Crippen molar-refractivity contribution in [2.24, 2.45) is 18.9 Å². The molecule has 1 saturated carbocycles. The van der Waals surface area contributed by atoms with Crippen molar-refractivity contribution in [2.45, 2.75) is 51.6 Å². The third kappa shape index (κ3) is 2.65. The Balaban J connectivity index is 2.14. The average Bonchev–Trinajstić information content (AvgIpc) is 2.63. The van der Waals surface area contributed by atoms with E-state index in [2.05, 4.69) is 29.3 Å². The SMILES string of the molecule is CC(C)C1CCCCC1(O)Cc1nnn(C)n1. The molecule has 0 saturated heterocycles. The van der Waals surface area contributed by atoms with Gasteiger partial charge in [-0.15, -0.1) is 10.2 Å². The molecule has 0 amide bonds. The van der Waals surface area contributed by atoms with Crippen molar-refractivity contribution >= 4 is 0 Å². The van der Waals surface area contributed by atoms with Crippen LogP contribution >= 0.6 is 0 Å². The number of aryl methyl sites for hydroxylation is 1. The number of aromatic nitrogens is 4. The second kappa shape index (κ2) is 4.72. The highest BCUT2D eigenvalue weighted by atomic mass is 16.3. The van der Waals surface area contributed by atoms with Crippen LogP contribution in [0.15, 0.2) is 0 Å². The second-order valence-electron chi connectivity index (χ2n) is 5.57. The molecule has 1 aromatic rings. The molecule has 1 aliphatic carbocycles. The number of aliphatic hydroxyl groups is 1. The fourth-order valence-electron chi connectivity index (χ4n) is 3.09. The van der Waals surface area contributed by atoms with E-state index in [4.69, 9.17) is 0 Å². The van der Waals surface area contributed by atoms with E-state index in [1.54, 1.807) is 7.05 Å². The topological polar surface area (TPSA) is 63.8 Å². The van der Waals surface area contributed by atoms with Crippen molar-refractivity contribution in [3.63, 3.8) is 0 Å². The summed E-state index contributed by atoms with van der Waals surface area (Å²) >= 11 is 0. The Bertz CT molecular complexity index is 376. The monoisotopic (exact) mass is 238 g/mol. The van der Waals surface area contributed by atoms with Crippen molar-refractivity contribution in [1.29, 1.82) is 0 Å². The van der Waals surface area contributed by atoms with Gasteiger partial charge in [-0.1, -0.05) is 26.7 Å². The summed E-state index contributed by atoms with van der Waals surface area (Å²) in [5.41, 5.74) is -0.643. The van der Waals surface area contributed by atoms with Crippen LogP contribution in [0.5, 0.6) is 0 Å². The van der Waals surface area contributed by atoms with Gasteiger partial charge in [0.1, 0.15) is 0 Å². The zero-order chi connectivity index (χ0) is 12.5. The minimum Gasteiger partial charge on any atom is -0.389 e. The van der Waals surface area contributed by atoms with Crippen molar-refractivity contribution in [3.8, 4) is 0 Å². The van der Waals surface area contributed by atoms with Gasteiger partial charge in [0.15, 0.2) is 5.82 Å². The Kier molecular flexibility index (Phi) is 3.47. The van der Waals surface area contributed by atoms with Crippen LogP contribution in [-0.4, -0.2) is 30.9 Å². The maximum absolute atomic E-state index is 10.8. The van der Waals surface area contributed by atoms with Gasteiger partial charge in [0.2, 0.25) is 0 Å². The van der Waals surface area contributed by atoms with Crippen LogP contribution in [-0.2, 0) is 13.5 Å². The Morgan fingerprint density at radius 3 is 2.82 bits per heavy atom. The van der Waals surface area contributed by atoms with E-state index in [-0.39, 0.29) is 0 Å². The molecule has 17 heavy (non-hydrogen) atoms. The highest BCUT2D eigenvalue weighted by Crippen LogP contribution is 2.39. The molecule has 2 rings (SSSR count). The van der Waals surface area contributed by atoms with Gasteiger partial charge in [-0.05, 0) is 29.9 Å². The molecule has 1 N–H and O–H groups in total. The van der Waals surface area contributed by atoms with Crippen LogP contribution in [0.4, 0.5) is 0 Å². The molecule has 1 aromatic heterocycles. The third-order valence-electron chi connectivity index (χ3n) is 3.88. The lowest BCUT2D eigenvalue weighted by atomic mass is 9.68. The summed E-state index contributed by atoms with van der Waals surface area (Å²) in [4.78, 5) is 1.45. The minimum atomic E-state index is -0.643. The lowest BCUT2D eigenvalue weighted by Crippen LogP contribution is -2.45. The number of tetrazole rings is 1. The molecular weight excluding hydrogens is 216 g/mol. The normalized spacial score (nSPS) is 29.8. The molecule has 2 unspecified atom stereocenters. The summed E-state index contributed by atoms with van der Waals surface area (Å²) in [7, 11) is 1.75. The van der Waals surface area contributed by atoms with Gasteiger partial charge < -0.3 is 5.11 Å². The highest BCUT2D eigenvalue weighted by Gasteiger charge is 2.41. The van der Waals surface area contributed by atoms with E-state index in [1.807, 2.05) is 0 Å². The number of hydrogen-bond acceptors (Lipinski definition) is 4. The van der Waals surface area contributed by atoms with Crippen LogP contribution in [0.25, 0.3) is 0 Å². The maximum Gasteiger partial charge on any atom is 0.177 e. The van der Waals surface area contributed by atoms with Crippen molar-refractivity contribution in [1.82, 2.24) is 20.2 Å². The van der Waals surface area contributed by atoms with Gasteiger partial charge in [-0.25, -0.2) is 0 Å². The van der Waals surface area contributed by atoms with Gasteiger partial charge in [0, 0.05) is 6.42 Å². The minimum absolute atomic E-state index is 0.347. The molecule has 0 aromatic carbocycles. The van der Waals surface area contributed by atoms with Gasteiger partial charge in [0.05, 0.1) is 12.6 Å². The molecule has 0 spiro atoms. The first-order valence-corrected chi connectivity index (χ1v) is 6.46. The third-order valence-corrected chi connectivity index (χ3v) is 3.88. The van der Waals surface area contributed by atoms with Gasteiger partial charge in [0.25, 0.3) is 0 Å². The van der Waals surface area contributed by atoms with E-state index in [0.29, 0.717) is 24.1 Å². The lowest BCUT2D eigenvalue weighted by Gasteiger charge is -2.41. The zero-order valence-electron chi connectivity index (χ0n) is 10.9. The van der Waals surface area contributed by atoms with Crippen molar-refractivity contribution in [2.75, 3.05) is 0 Å². The predicted octanol–water partition coefficient (Wildman–Crippen LogP) is 1.33. The van der Waals surface area contributed by atoms with E-state index < -0.39 is 5.60 Å². The van der Waals surface area contributed by atoms with Gasteiger partial charge in [-0.2, -0.15) is 4.80 Å². The molecule has 1 aliphatic rings. The zero-order valence-corrected chi connectivity index (χ0v) is 10.9. The van der Waals surface area contributed by atoms with Crippen molar-refractivity contribution < 1.29 is 5.11 Å². The summed E-state index contributed by atoms with van der Waals surface area (Å²) in [6, 6.07) is 0. The molecule has 1 heterocycles. The first kappa shape index (κ1) is 12.5. The molecule has 1 fully saturated rings. The summed E-state index contributed by atoms with van der Waals surface area (Å²) in [5, 5.41) is 22.8. The number of hydrogen-bond donors (Lipinski definition) is 1. The fraction of sp³-hybridized carbons (Fsp3) is 0.917. The van der Waals surface area contributed by atoms with Crippen molar-refractivity contribution in [3.05, 3.63) is 5.82 Å². The predicted molar refractivity (Wildman–Crippen MR) is 64.2 cm³/mol. The molecule has 0 radical (unpaired) electrons. The van der Waals surface area contributed by atoms with E-state index >= 15 is 0 Å². The van der Waals surface area contributed by atoms with Crippen LogP contribution in [0.2, 0.25) is 0 Å². The quantitative estimate of drug-likeness (QED) is 0.863. The maximum atomic E-state index is 10.8.